The SMILES string of the molecule is Cc1ccc(-c2cc(C(=O)Nc3cccc(S(=O)(=O)N4CCCCC4)c3)n[nH]2)o1. The Bertz CT molecular complexity index is 1130. The number of aromatic amines is 1. The van der Waals surface area contributed by atoms with Gasteiger partial charge in [0.2, 0.25) is 10.0 Å². The lowest BCUT2D eigenvalue weighted by Crippen LogP contribution is -2.35. The number of aromatic nitrogens is 2. The van der Waals surface area contributed by atoms with Crippen LogP contribution in [0.15, 0.2) is 51.8 Å². The normalized spacial score (nSPS) is 15.3. The maximum Gasteiger partial charge on any atom is 0.276 e. The van der Waals surface area contributed by atoms with E-state index < -0.39 is 15.9 Å². The Hall–Kier alpha value is -2.91. The molecule has 1 aliphatic heterocycles. The molecule has 3 aromatic rings. The third-order valence-electron chi connectivity index (χ3n) is 4.86. The van der Waals surface area contributed by atoms with Gasteiger partial charge < -0.3 is 9.73 Å². The Morgan fingerprint density at radius 2 is 1.93 bits per heavy atom. The van der Waals surface area contributed by atoms with Crippen LogP contribution in [0.25, 0.3) is 11.5 Å². The molecular weight excluding hydrogens is 392 g/mol. The summed E-state index contributed by atoms with van der Waals surface area (Å²) in [5.74, 6) is 0.902. The Balaban J connectivity index is 1.51. The van der Waals surface area contributed by atoms with Crippen LogP contribution >= 0.6 is 0 Å². The molecule has 2 aromatic heterocycles. The van der Waals surface area contributed by atoms with Crippen molar-refractivity contribution in [2.24, 2.45) is 0 Å². The molecule has 4 rings (SSSR count). The number of nitrogens with zero attached hydrogens (tertiary/aromatic N) is 2. The van der Waals surface area contributed by atoms with Crippen LogP contribution in [0.2, 0.25) is 0 Å². The van der Waals surface area contributed by atoms with Crippen molar-refractivity contribution < 1.29 is 17.6 Å². The highest BCUT2D eigenvalue weighted by atomic mass is 32.2. The Labute approximate surface area is 169 Å². The monoisotopic (exact) mass is 414 g/mol. The lowest BCUT2D eigenvalue weighted by atomic mass is 10.2. The van der Waals surface area contributed by atoms with Gasteiger partial charge in [0.1, 0.15) is 11.5 Å². The van der Waals surface area contributed by atoms with Crippen LogP contribution in [-0.2, 0) is 10.0 Å². The molecule has 0 radical (unpaired) electrons. The van der Waals surface area contributed by atoms with E-state index in [1.165, 1.54) is 10.4 Å². The van der Waals surface area contributed by atoms with E-state index >= 15 is 0 Å². The molecule has 2 N–H and O–H groups in total. The third-order valence-corrected chi connectivity index (χ3v) is 6.76. The molecule has 3 heterocycles. The zero-order valence-electron chi connectivity index (χ0n) is 16.0. The first kappa shape index (κ1) is 19.4. The standard InChI is InChI=1S/C20H22N4O4S/c1-14-8-9-19(28-14)17-13-18(23-22-17)20(25)21-15-6-5-7-16(12-15)29(26,27)24-10-3-2-4-11-24/h5-9,12-13H,2-4,10-11H2,1H3,(H,21,25)(H,22,23). The van der Waals surface area contributed by atoms with Crippen LogP contribution in [0.1, 0.15) is 35.5 Å². The van der Waals surface area contributed by atoms with E-state index in [1.807, 2.05) is 13.0 Å². The van der Waals surface area contributed by atoms with Crippen molar-refractivity contribution in [1.82, 2.24) is 14.5 Å². The van der Waals surface area contributed by atoms with Gasteiger partial charge in [0, 0.05) is 24.8 Å². The van der Waals surface area contributed by atoms with Crippen molar-refractivity contribution >= 4 is 21.6 Å². The van der Waals surface area contributed by atoms with Crippen LogP contribution in [-0.4, -0.2) is 41.9 Å². The van der Waals surface area contributed by atoms with E-state index in [0.29, 0.717) is 30.2 Å². The van der Waals surface area contributed by atoms with Gasteiger partial charge >= 0.3 is 0 Å². The van der Waals surface area contributed by atoms with Crippen LogP contribution in [0.3, 0.4) is 0 Å². The van der Waals surface area contributed by atoms with E-state index in [0.717, 1.165) is 25.0 Å². The average Bonchev–Trinajstić information content (AvgIpc) is 3.38. The maximum absolute atomic E-state index is 12.8. The number of hydrogen-bond acceptors (Lipinski definition) is 5. The van der Waals surface area contributed by atoms with Gasteiger partial charge in [-0.15, -0.1) is 0 Å². The molecule has 0 atom stereocenters. The van der Waals surface area contributed by atoms with Crippen LogP contribution in [0.4, 0.5) is 5.69 Å². The summed E-state index contributed by atoms with van der Waals surface area (Å²) in [7, 11) is -3.57. The van der Waals surface area contributed by atoms with Crippen molar-refractivity contribution in [3.8, 4) is 11.5 Å². The molecule has 9 heteroatoms. The first-order valence-electron chi connectivity index (χ1n) is 9.47. The number of sulfonamides is 1. The van der Waals surface area contributed by atoms with Crippen molar-refractivity contribution in [2.45, 2.75) is 31.1 Å². The second-order valence-electron chi connectivity index (χ2n) is 7.02. The summed E-state index contributed by atoms with van der Waals surface area (Å²) in [5, 5.41) is 9.50. The van der Waals surface area contributed by atoms with Crippen LogP contribution < -0.4 is 5.32 Å². The molecule has 0 aliphatic carbocycles. The average molecular weight is 414 g/mol. The minimum atomic E-state index is -3.57. The highest BCUT2D eigenvalue weighted by molar-refractivity contribution is 7.89. The van der Waals surface area contributed by atoms with E-state index in [2.05, 4.69) is 15.5 Å². The molecule has 29 heavy (non-hydrogen) atoms. The molecule has 8 nitrogen and oxygen atoms in total. The van der Waals surface area contributed by atoms with Crippen LogP contribution in [0.5, 0.6) is 0 Å². The Morgan fingerprint density at radius 1 is 1.14 bits per heavy atom. The molecule has 0 saturated carbocycles. The molecule has 1 aromatic carbocycles. The quantitative estimate of drug-likeness (QED) is 0.665. The van der Waals surface area contributed by atoms with Crippen LogP contribution in [0, 0.1) is 6.92 Å². The van der Waals surface area contributed by atoms with E-state index in [-0.39, 0.29) is 10.6 Å². The molecular formula is C20H22N4O4S. The number of hydrogen-bond donors (Lipinski definition) is 2. The maximum atomic E-state index is 12.8. The number of nitrogens with one attached hydrogen (secondary N) is 2. The summed E-state index contributed by atoms with van der Waals surface area (Å²) >= 11 is 0. The number of amides is 1. The van der Waals surface area contributed by atoms with Crippen molar-refractivity contribution in [3.05, 3.63) is 53.9 Å². The smallest absolute Gasteiger partial charge is 0.276 e. The van der Waals surface area contributed by atoms with E-state index in [1.54, 1.807) is 30.3 Å². The van der Waals surface area contributed by atoms with Crippen molar-refractivity contribution in [3.63, 3.8) is 0 Å². The van der Waals surface area contributed by atoms with Gasteiger partial charge in [-0.25, -0.2) is 8.42 Å². The van der Waals surface area contributed by atoms with Crippen molar-refractivity contribution in [2.75, 3.05) is 18.4 Å². The lowest BCUT2D eigenvalue weighted by Gasteiger charge is -2.26. The predicted molar refractivity (Wildman–Crippen MR) is 108 cm³/mol. The Kier molecular flexibility index (Phi) is 5.25. The van der Waals surface area contributed by atoms with E-state index in [4.69, 9.17) is 4.42 Å². The van der Waals surface area contributed by atoms with Crippen molar-refractivity contribution in [1.29, 1.82) is 0 Å². The van der Waals surface area contributed by atoms with Gasteiger partial charge in [-0.1, -0.05) is 12.5 Å². The van der Waals surface area contributed by atoms with Gasteiger partial charge in [-0.05, 0) is 50.1 Å². The minimum absolute atomic E-state index is 0.172. The molecule has 1 amide bonds. The fraction of sp³-hybridized carbons (Fsp3) is 0.300. The Morgan fingerprint density at radius 3 is 2.66 bits per heavy atom. The predicted octanol–water partition coefficient (Wildman–Crippen LogP) is 3.41. The minimum Gasteiger partial charge on any atom is -0.460 e. The topological polar surface area (TPSA) is 108 Å². The highest BCUT2D eigenvalue weighted by Gasteiger charge is 2.26. The van der Waals surface area contributed by atoms with Gasteiger partial charge in [0.15, 0.2) is 11.5 Å². The number of furan rings is 1. The zero-order chi connectivity index (χ0) is 20.4. The molecule has 1 saturated heterocycles. The first-order chi connectivity index (χ1) is 13.9. The summed E-state index contributed by atoms with van der Waals surface area (Å²) in [6.45, 7) is 2.89. The number of rotatable bonds is 5. The molecule has 1 fully saturated rings. The fourth-order valence-corrected chi connectivity index (χ4v) is 4.89. The summed E-state index contributed by atoms with van der Waals surface area (Å²) in [6.07, 6.45) is 2.78. The number of H-pyrrole nitrogens is 1. The van der Waals surface area contributed by atoms with Gasteiger partial charge in [-0.3, -0.25) is 9.89 Å². The second kappa shape index (κ2) is 7.84. The zero-order valence-corrected chi connectivity index (χ0v) is 16.8. The summed E-state index contributed by atoms with van der Waals surface area (Å²) in [5.41, 5.74) is 1.16. The fourth-order valence-electron chi connectivity index (χ4n) is 3.33. The van der Waals surface area contributed by atoms with Gasteiger partial charge in [0.05, 0.1) is 4.90 Å². The molecule has 0 unspecified atom stereocenters. The third kappa shape index (κ3) is 4.10. The highest BCUT2D eigenvalue weighted by Crippen LogP contribution is 2.24. The van der Waals surface area contributed by atoms with Gasteiger partial charge in [-0.2, -0.15) is 9.40 Å². The summed E-state index contributed by atoms with van der Waals surface area (Å²) in [4.78, 5) is 12.7. The second-order valence-corrected chi connectivity index (χ2v) is 8.96. The summed E-state index contributed by atoms with van der Waals surface area (Å²) in [6, 6.07) is 11.5. The van der Waals surface area contributed by atoms with E-state index in [9.17, 15) is 13.2 Å². The number of aryl methyl sites for hydroxylation is 1. The number of benzene rings is 1. The molecule has 0 bridgehead atoms. The number of piperidine rings is 1. The molecule has 1 aliphatic rings. The number of carbonyl (C=O) groups excluding carboxylic acids is 1. The number of carbonyl (C=O) groups is 1. The van der Waals surface area contributed by atoms with Gasteiger partial charge in [0.25, 0.3) is 5.91 Å². The lowest BCUT2D eigenvalue weighted by molar-refractivity contribution is 0.102. The first-order valence-corrected chi connectivity index (χ1v) is 10.9. The molecule has 0 spiro atoms. The number of anilines is 1. The summed E-state index contributed by atoms with van der Waals surface area (Å²) < 4.78 is 32.7. The molecule has 152 valence electrons. The largest absolute Gasteiger partial charge is 0.460 e.